The van der Waals surface area contributed by atoms with Crippen molar-refractivity contribution < 1.29 is 4.79 Å². The molecule has 94 valence electrons. The lowest BCUT2D eigenvalue weighted by Gasteiger charge is -2.02. The zero-order valence-corrected chi connectivity index (χ0v) is 11.3. The topological polar surface area (TPSA) is 66.9 Å². The number of aromatic nitrogens is 2. The summed E-state index contributed by atoms with van der Waals surface area (Å²) >= 11 is 1.47. The Morgan fingerprint density at radius 3 is 2.61 bits per heavy atom. The largest absolute Gasteiger partial charge is 0.373 e. The van der Waals surface area contributed by atoms with Crippen molar-refractivity contribution in [2.45, 2.75) is 13.8 Å². The van der Waals surface area contributed by atoms with E-state index in [1.165, 1.54) is 17.5 Å². The fourth-order valence-corrected chi connectivity index (χ4v) is 2.18. The number of carbonyl (C=O) groups excluding carboxylic acids is 1. The van der Waals surface area contributed by atoms with Crippen molar-refractivity contribution in [2.75, 3.05) is 17.7 Å². The zero-order chi connectivity index (χ0) is 13.1. The Hall–Kier alpha value is -1.95. The summed E-state index contributed by atoms with van der Waals surface area (Å²) in [4.78, 5) is 21.4. The number of hydrogen-bond donors (Lipinski definition) is 2. The second-order valence-corrected chi connectivity index (χ2v) is 5.00. The van der Waals surface area contributed by atoms with Crippen molar-refractivity contribution in [1.82, 2.24) is 9.97 Å². The van der Waals surface area contributed by atoms with Crippen LogP contribution in [0.25, 0.3) is 0 Å². The quantitative estimate of drug-likeness (QED) is 0.891. The summed E-state index contributed by atoms with van der Waals surface area (Å²) in [5, 5.41) is 6.28. The Bertz CT molecular complexity index is 542. The van der Waals surface area contributed by atoms with Gasteiger partial charge in [-0.3, -0.25) is 10.1 Å². The summed E-state index contributed by atoms with van der Waals surface area (Å²) in [6.45, 7) is 3.90. The molecule has 5 nitrogen and oxygen atoms in total. The highest BCUT2D eigenvalue weighted by Gasteiger charge is 2.10. The average molecular weight is 262 g/mol. The van der Waals surface area contributed by atoms with Crippen LogP contribution in [0, 0.1) is 13.8 Å². The van der Waals surface area contributed by atoms with Crippen molar-refractivity contribution in [3.63, 3.8) is 0 Å². The fourth-order valence-electron chi connectivity index (χ4n) is 1.37. The molecule has 0 spiro atoms. The van der Waals surface area contributed by atoms with Gasteiger partial charge >= 0.3 is 0 Å². The van der Waals surface area contributed by atoms with Crippen LogP contribution in [0.15, 0.2) is 18.3 Å². The number of nitrogens with zero attached hydrogens (tertiary/aromatic N) is 2. The summed E-state index contributed by atoms with van der Waals surface area (Å²) < 4.78 is 0. The first-order valence-electron chi connectivity index (χ1n) is 5.49. The number of rotatable bonds is 3. The summed E-state index contributed by atoms with van der Waals surface area (Å²) in [6.07, 6.45) is 1.54. The number of amides is 1. The third kappa shape index (κ3) is 2.65. The van der Waals surface area contributed by atoms with Crippen LogP contribution in [0.4, 0.5) is 10.9 Å². The Kier molecular flexibility index (Phi) is 3.57. The highest BCUT2D eigenvalue weighted by Crippen LogP contribution is 2.21. The van der Waals surface area contributed by atoms with E-state index in [9.17, 15) is 4.79 Å². The van der Waals surface area contributed by atoms with Crippen molar-refractivity contribution >= 4 is 28.2 Å². The molecule has 0 aliphatic heterocycles. The van der Waals surface area contributed by atoms with Gasteiger partial charge in [0.25, 0.3) is 5.91 Å². The Morgan fingerprint density at radius 2 is 2.11 bits per heavy atom. The van der Waals surface area contributed by atoms with Crippen LogP contribution in [0.5, 0.6) is 0 Å². The average Bonchev–Trinajstić information content (AvgIpc) is 2.68. The van der Waals surface area contributed by atoms with Gasteiger partial charge < -0.3 is 5.32 Å². The van der Waals surface area contributed by atoms with E-state index in [1.807, 2.05) is 13.8 Å². The van der Waals surface area contributed by atoms with Gasteiger partial charge in [-0.1, -0.05) is 0 Å². The van der Waals surface area contributed by atoms with E-state index in [2.05, 4.69) is 20.6 Å². The number of aryl methyl sites for hydroxylation is 2. The number of anilines is 2. The predicted molar refractivity (Wildman–Crippen MR) is 73.3 cm³/mol. The molecule has 2 aromatic heterocycles. The number of carbonyl (C=O) groups is 1. The second kappa shape index (κ2) is 5.14. The summed E-state index contributed by atoms with van der Waals surface area (Å²) in [5.74, 6) is 0.534. The van der Waals surface area contributed by atoms with E-state index >= 15 is 0 Å². The van der Waals surface area contributed by atoms with Crippen LogP contribution >= 0.6 is 11.3 Å². The number of pyridine rings is 1. The van der Waals surface area contributed by atoms with Crippen molar-refractivity contribution in [3.8, 4) is 0 Å². The van der Waals surface area contributed by atoms with Gasteiger partial charge in [0.1, 0.15) is 5.82 Å². The van der Waals surface area contributed by atoms with E-state index in [4.69, 9.17) is 0 Å². The molecule has 0 unspecified atom stereocenters. The molecule has 2 rings (SSSR count). The van der Waals surface area contributed by atoms with E-state index in [0.29, 0.717) is 10.7 Å². The fraction of sp³-hybridized carbons (Fsp3) is 0.250. The summed E-state index contributed by atoms with van der Waals surface area (Å²) in [7, 11) is 1.78. The highest BCUT2D eigenvalue weighted by molar-refractivity contribution is 7.15. The van der Waals surface area contributed by atoms with Crippen LogP contribution in [0.1, 0.15) is 20.9 Å². The minimum Gasteiger partial charge on any atom is -0.373 e. The minimum atomic E-state index is -0.195. The zero-order valence-electron chi connectivity index (χ0n) is 10.4. The van der Waals surface area contributed by atoms with Crippen LogP contribution in [-0.4, -0.2) is 22.9 Å². The molecular weight excluding hydrogens is 248 g/mol. The lowest BCUT2D eigenvalue weighted by Crippen LogP contribution is -2.12. The van der Waals surface area contributed by atoms with Crippen LogP contribution in [-0.2, 0) is 0 Å². The Morgan fingerprint density at radius 1 is 1.33 bits per heavy atom. The number of thiazole rings is 1. The molecule has 1 amide bonds. The molecular formula is C12H14N4OS. The molecule has 6 heteroatoms. The van der Waals surface area contributed by atoms with Crippen molar-refractivity contribution in [2.24, 2.45) is 0 Å². The van der Waals surface area contributed by atoms with Crippen LogP contribution in [0.3, 0.4) is 0 Å². The second-order valence-electron chi connectivity index (χ2n) is 3.80. The molecule has 0 aliphatic carbocycles. The van der Waals surface area contributed by atoms with Crippen molar-refractivity contribution in [3.05, 3.63) is 34.5 Å². The maximum atomic E-state index is 11.9. The molecule has 0 saturated carbocycles. The lowest BCUT2D eigenvalue weighted by molar-refractivity contribution is 0.102. The first-order valence-corrected chi connectivity index (χ1v) is 6.31. The molecule has 0 aromatic carbocycles. The van der Waals surface area contributed by atoms with E-state index in [1.54, 1.807) is 19.2 Å². The maximum absolute atomic E-state index is 11.9. The van der Waals surface area contributed by atoms with Gasteiger partial charge in [-0.25, -0.2) is 9.97 Å². The van der Waals surface area contributed by atoms with Crippen LogP contribution < -0.4 is 10.6 Å². The summed E-state index contributed by atoms with van der Waals surface area (Å²) in [5.41, 5.74) is 1.46. The Labute approximate surface area is 109 Å². The monoisotopic (exact) mass is 262 g/mol. The molecule has 0 saturated heterocycles. The van der Waals surface area contributed by atoms with Crippen LogP contribution in [0.2, 0.25) is 0 Å². The SMILES string of the molecule is CNc1ccc(C(=O)Nc2nc(C)c(C)s2)cn1. The van der Waals surface area contributed by atoms with Gasteiger partial charge in [0.15, 0.2) is 5.13 Å². The summed E-state index contributed by atoms with van der Waals surface area (Å²) in [6, 6.07) is 3.48. The number of hydrogen-bond acceptors (Lipinski definition) is 5. The Balaban J connectivity index is 2.11. The first kappa shape index (κ1) is 12.5. The van der Waals surface area contributed by atoms with Gasteiger partial charge in [-0.2, -0.15) is 0 Å². The molecule has 0 aliphatic rings. The smallest absolute Gasteiger partial charge is 0.259 e. The molecule has 0 radical (unpaired) electrons. The van der Waals surface area contributed by atoms with E-state index in [0.717, 1.165) is 16.4 Å². The van der Waals surface area contributed by atoms with Gasteiger partial charge in [0, 0.05) is 18.1 Å². The molecule has 2 aromatic rings. The normalized spacial score (nSPS) is 10.2. The third-order valence-corrected chi connectivity index (χ3v) is 3.52. The van der Waals surface area contributed by atoms with Gasteiger partial charge in [0.05, 0.1) is 11.3 Å². The molecule has 0 atom stereocenters. The standard InChI is InChI=1S/C12H14N4OS/c1-7-8(2)18-12(15-7)16-11(17)9-4-5-10(13-3)14-6-9/h4-6H,1-3H3,(H,13,14)(H,15,16,17). The third-order valence-electron chi connectivity index (χ3n) is 2.53. The minimum absolute atomic E-state index is 0.195. The van der Waals surface area contributed by atoms with E-state index in [-0.39, 0.29) is 5.91 Å². The first-order chi connectivity index (χ1) is 8.60. The molecule has 2 heterocycles. The predicted octanol–water partition coefficient (Wildman–Crippen LogP) is 2.45. The number of nitrogens with one attached hydrogen (secondary N) is 2. The highest BCUT2D eigenvalue weighted by atomic mass is 32.1. The van der Waals surface area contributed by atoms with Gasteiger partial charge in [0.2, 0.25) is 0 Å². The molecule has 18 heavy (non-hydrogen) atoms. The lowest BCUT2D eigenvalue weighted by atomic mass is 10.2. The molecule has 2 N–H and O–H groups in total. The van der Waals surface area contributed by atoms with Crippen molar-refractivity contribution in [1.29, 1.82) is 0 Å². The molecule has 0 bridgehead atoms. The maximum Gasteiger partial charge on any atom is 0.259 e. The van der Waals surface area contributed by atoms with Gasteiger partial charge in [-0.05, 0) is 26.0 Å². The van der Waals surface area contributed by atoms with E-state index < -0.39 is 0 Å². The molecule has 0 fully saturated rings. The van der Waals surface area contributed by atoms with Gasteiger partial charge in [-0.15, -0.1) is 11.3 Å².